The third-order valence-electron chi connectivity index (χ3n) is 3.59. The molecule has 5 heteroatoms. The van der Waals surface area contributed by atoms with Crippen LogP contribution in [0.4, 0.5) is 0 Å². The number of carbonyl (C=O) groups excluding carboxylic acids is 1. The number of amides is 1. The third kappa shape index (κ3) is 3.68. The Morgan fingerprint density at radius 2 is 2.05 bits per heavy atom. The van der Waals surface area contributed by atoms with Crippen LogP contribution in [0.5, 0.6) is 0 Å². The SMILES string of the molecule is Cc1ccc(C(C)N(C)C(=O)c2csc(CCN)n2)cc1. The van der Waals surface area contributed by atoms with Gasteiger partial charge in [-0.1, -0.05) is 29.8 Å². The molecule has 1 atom stereocenters. The summed E-state index contributed by atoms with van der Waals surface area (Å²) in [5, 5.41) is 2.73. The van der Waals surface area contributed by atoms with Crippen LogP contribution in [0, 0.1) is 6.92 Å². The van der Waals surface area contributed by atoms with Crippen molar-refractivity contribution in [1.82, 2.24) is 9.88 Å². The van der Waals surface area contributed by atoms with Crippen molar-refractivity contribution in [2.75, 3.05) is 13.6 Å². The van der Waals surface area contributed by atoms with Crippen LogP contribution in [-0.2, 0) is 6.42 Å². The fourth-order valence-electron chi connectivity index (χ4n) is 2.07. The molecule has 0 saturated heterocycles. The molecule has 0 bridgehead atoms. The van der Waals surface area contributed by atoms with Gasteiger partial charge < -0.3 is 10.6 Å². The summed E-state index contributed by atoms with van der Waals surface area (Å²) in [5.74, 6) is -0.0532. The van der Waals surface area contributed by atoms with Crippen molar-refractivity contribution in [2.24, 2.45) is 5.73 Å². The molecule has 1 unspecified atom stereocenters. The van der Waals surface area contributed by atoms with Gasteiger partial charge >= 0.3 is 0 Å². The molecule has 2 aromatic rings. The predicted molar refractivity (Wildman–Crippen MR) is 86.6 cm³/mol. The number of rotatable bonds is 5. The Balaban J connectivity index is 2.12. The quantitative estimate of drug-likeness (QED) is 0.924. The van der Waals surface area contributed by atoms with Crippen LogP contribution in [0.1, 0.15) is 39.6 Å². The summed E-state index contributed by atoms with van der Waals surface area (Å²) in [7, 11) is 1.81. The Kier molecular flexibility index (Phi) is 5.09. The van der Waals surface area contributed by atoms with Gasteiger partial charge in [-0.3, -0.25) is 4.79 Å². The Morgan fingerprint density at radius 3 is 2.67 bits per heavy atom. The maximum atomic E-state index is 12.5. The summed E-state index contributed by atoms with van der Waals surface area (Å²) >= 11 is 1.49. The fourth-order valence-corrected chi connectivity index (χ4v) is 2.86. The summed E-state index contributed by atoms with van der Waals surface area (Å²) in [6.07, 6.45) is 0.717. The zero-order chi connectivity index (χ0) is 15.4. The van der Waals surface area contributed by atoms with E-state index in [1.807, 2.05) is 19.4 Å². The highest BCUT2D eigenvalue weighted by molar-refractivity contribution is 7.09. The van der Waals surface area contributed by atoms with Crippen LogP contribution in [0.25, 0.3) is 0 Å². The number of thiazole rings is 1. The molecule has 1 aromatic carbocycles. The van der Waals surface area contributed by atoms with Crippen LogP contribution in [0.2, 0.25) is 0 Å². The van der Waals surface area contributed by atoms with Gasteiger partial charge in [0.25, 0.3) is 5.91 Å². The van der Waals surface area contributed by atoms with Gasteiger partial charge in [0, 0.05) is 18.8 Å². The lowest BCUT2D eigenvalue weighted by molar-refractivity contribution is 0.0737. The van der Waals surface area contributed by atoms with E-state index in [1.165, 1.54) is 16.9 Å². The van der Waals surface area contributed by atoms with E-state index in [0.29, 0.717) is 12.2 Å². The zero-order valence-electron chi connectivity index (χ0n) is 12.7. The number of nitrogens with two attached hydrogens (primary N) is 1. The summed E-state index contributed by atoms with van der Waals surface area (Å²) in [6, 6.07) is 8.26. The van der Waals surface area contributed by atoms with Gasteiger partial charge in [-0.15, -0.1) is 11.3 Å². The van der Waals surface area contributed by atoms with Gasteiger partial charge in [0.2, 0.25) is 0 Å². The molecule has 2 rings (SSSR count). The highest BCUT2D eigenvalue weighted by Crippen LogP contribution is 2.22. The molecule has 1 amide bonds. The topological polar surface area (TPSA) is 59.2 Å². The first-order chi connectivity index (χ1) is 10.0. The standard InChI is InChI=1S/C16H21N3OS/c1-11-4-6-13(7-5-11)12(2)19(3)16(20)14-10-21-15(18-14)8-9-17/h4-7,10,12H,8-9,17H2,1-3H3. The van der Waals surface area contributed by atoms with Gasteiger partial charge in [-0.2, -0.15) is 0 Å². The second-order valence-corrected chi connectivity index (χ2v) is 6.11. The molecule has 0 fully saturated rings. The number of hydrogen-bond acceptors (Lipinski definition) is 4. The first-order valence-electron chi connectivity index (χ1n) is 7.01. The molecule has 2 N–H and O–H groups in total. The van der Waals surface area contributed by atoms with Crippen molar-refractivity contribution >= 4 is 17.2 Å². The van der Waals surface area contributed by atoms with Crippen molar-refractivity contribution in [3.05, 3.63) is 51.5 Å². The molecule has 0 spiro atoms. The highest BCUT2D eigenvalue weighted by atomic mass is 32.1. The molecule has 21 heavy (non-hydrogen) atoms. The number of hydrogen-bond donors (Lipinski definition) is 1. The Labute approximate surface area is 129 Å². The van der Waals surface area contributed by atoms with E-state index >= 15 is 0 Å². The smallest absolute Gasteiger partial charge is 0.273 e. The van der Waals surface area contributed by atoms with Gasteiger partial charge in [0.1, 0.15) is 5.69 Å². The molecular formula is C16H21N3OS. The number of aromatic nitrogens is 1. The van der Waals surface area contributed by atoms with Crippen molar-refractivity contribution in [1.29, 1.82) is 0 Å². The summed E-state index contributed by atoms with van der Waals surface area (Å²) < 4.78 is 0. The normalized spacial score (nSPS) is 12.2. The van der Waals surface area contributed by atoms with Crippen LogP contribution in [0.15, 0.2) is 29.6 Å². The van der Waals surface area contributed by atoms with Crippen molar-refractivity contribution in [2.45, 2.75) is 26.3 Å². The number of benzene rings is 1. The molecule has 0 aliphatic carbocycles. The maximum absolute atomic E-state index is 12.5. The zero-order valence-corrected chi connectivity index (χ0v) is 13.5. The van der Waals surface area contributed by atoms with Crippen LogP contribution in [-0.4, -0.2) is 29.4 Å². The molecule has 112 valence electrons. The minimum absolute atomic E-state index is 0.0118. The monoisotopic (exact) mass is 303 g/mol. The summed E-state index contributed by atoms with van der Waals surface area (Å²) in [4.78, 5) is 18.6. The molecule has 1 heterocycles. The second-order valence-electron chi connectivity index (χ2n) is 5.17. The van der Waals surface area contributed by atoms with E-state index in [1.54, 1.807) is 4.90 Å². The van der Waals surface area contributed by atoms with E-state index < -0.39 is 0 Å². The van der Waals surface area contributed by atoms with Crippen LogP contribution < -0.4 is 5.73 Å². The van der Waals surface area contributed by atoms with Crippen molar-refractivity contribution in [3.8, 4) is 0 Å². The van der Waals surface area contributed by atoms with E-state index in [4.69, 9.17) is 5.73 Å². The maximum Gasteiger partial charge on any atom is 0.273 e. The van der Waals surface area contributed by atoms with Crippen LogP contribution in [0.3, 0.4) is 0 Å². The number of nitrogens with zero attached hydrogens (tertiary/aromatic N) is 2. The minimum atomic E-state index is -0.0532. The molecular weight excluding hydrogens is 282 g/mol. The lowest BCUT2D eigenvalue weighted by Gasteiger charge is -2.24. The summed E-state index contributed by atoms with van der Waals surface area (Å²) in [5.41, 5.74) is 8.35. The third-order valence-corrected chi connectivity index (χ3v) is 4.50. The minimum Gasteiger partial charge on any atom is -0.334 e. The Bertz CT molecular complexity index is 606. The van der Waals surface area contributed by atoms with Gasteiger partial charge in [-0.25, -0.2) is 4.98 Å². The van der Waals surface area contributed by atoms with Crippen LogP contribution >= 0.6 is 11.3 Å². The predicted octanol–water partition coefficient (Wildman–Crippen LogP) is 2.79. The Hall–Kier alpha value is -1.72. The number of carbonyl (C=O) groups is 1. The summed E-state index contributed by atoms with van der Waals surface area (Å²) in [6.45, 7) is 4.63. The lowest BCUT2D eigenvalue weighted by atomic mass is 10.1. The van der Waals surface area contributed by atoms with Gasteiger partial charge in [0.05, 0.1) is 11.0 Å². The van der Waals surface area contributed by atoms with E-state index in [9.17, 15) is 4.79 Å². The highest BCUT2D eigenvalue weighted by Gasteiger charge is 2.21. The Morgan fingerprint density at radius 1 is 1.38 bits per heavy atom. The fraction of sp³-hybridized carbons (Fsp3) is 0.375. The van der Waals surface area contributed by atoms with Crippen molar-refractivity contribution in [3.63, 3.8) is 0 Å². The average molecular weight is 303 g/mol. The molecule has 4 nitrogen and oxygen atoms in total. The van der Waals surface area contributed by atoms with E-state index in [2.05, 4.69) is 36.2 Å². The second kappa shape index (κ2) is 6.83. The lowest BCUT2D eigenvalue weighted by Crippen LogP contribution is -2.30. The average Bonchev–Trinajstić information content (AvgIpc) is 2.95. The van der Waals surface area contributed by atoms with E-state index in [-0.39, 0.29) is 11.9 Å². The molecule has 0 aliphatic rings. The molecule has 1 aromatic heterocycles. The van der Waals surface area contributed by atoms with Gasteiger partial charge in [-0.05, 0) is 26.0 Å². The molecule has 0 radical (unpaired) electrons. The first kappa shape index (κ1) is 15.7. The molecule has 0 aliphatic heterocycles. The van der Waals surface area contributed by atoms with E-state index in [0.717, 1.165) is 17.0 Å². The largest absolute Gasteiger partial charge is 0.334 e. The van der Waals surface area contributed by atoms with Gasteiger partial charge in [0.15, 0.2) is 0 Å². The molecule has 0 saturated carbocycles. The first-order valence-corrected chi connectivity index (χ1v) is 7.89. The van der Waals surface area contributed by atoms with Crippen molar-refractivity contribution < 1.29 is 4.79 Å². The number of aryl methyl sites for hydroxylation is 1.